The molecule has 0 aliphatic carbocycles. The maximum atomic E-state index is 14.0. The number of rotatable bonds is 6. The molecule has 0 radical (unpaired) electrons. The molecule has 3 nitrogen and oxygen atoms in total. The minimum Gasteiger partial charge on any atom is -0.494 e. The normalized spacial score (nSPS) is 11.9. The van der Waals surface area contributed by atoms with E-state index in [9.17, 15) is 9.18 Å². The molecule has 27 heavy (non-hydrogen) atoms. The summed E-state index contributed by atoms with van der Waals surface area (Å²) in [6.45, 7) is 1.84. The van der Waals surface area contributed by atoms with Crippen LogP contribution in [-0.4, -0.2) is 13.0 Å². The molecule has 0 aliphatic heterocycles. The van der Waals surface area contributed by atoms with Crippen LogP contribution in [0.25, 0.3) is 0 Å². The molecule has 0 fully saturated rings. The lowest BCUT2D eigenvalue weighted by atomic mass is 9.90. The molecular formula is C23H22FNO2. The Morgan fingerprint density at radius 3 is 1.93 bits per heavy atom. The van der Waals surface area contributed by atoms with Gasteiger partial charge in [-0.1, -0.05) is 66.7 Å². The minimum absolute atomic E-state index is 0.129. The van der Waals surface area contributed by atoms with Gasteiger partial charge in [-0.3, -0.25) is 4.79 Å². The van der Waals surface area contributed by atoms with Crippen molar-refractivity contribution in [2.75, 3.05) is 7.11 Å². The summed E-state index contributed by atoms with van der Waals surface area (Å²) < 4.78 is 19.0. The Balaban J connectivity index is 1.85. The van der Waals surface area contributed by atoms with Gasteiger partial charge in [-0.15, -0.1) is 0 Å². The third-order valence-electron chi connectivity index (χ3n) is 4.56. The molecule has 138 valence electrons. The fourth-order valence-electron chi connectivity index (χ4n) is 3.12. The number of benzene rings is 3. The smallest absolute Gasteiger partial charge is 0.232 e. The summed E-state index contributed by atoms with van der Waals surface area (Å²) in [5.74, 6) is -0.823. The third kappa shape index (κ3) is 4.34. The van der Waals surface area contributed by atoms with Crippen LogP contribution in [-0.2, 0) is 4.79 Å². The van der Waals surface area contributed by atoms with Gasteiger partial charge in [0.15, 0.2) is 11.6 Å². The van der Waals surface area contributed by atoms with Gasteiger partial charge in [0.05, 0.1) is 19.1 Å². The summed E-state index contributed by atoms with van der Waals surface area (Å²) in [7, 11) is 1.42. The van der Waals surface area contributed by atoms with Gasteiger partial charge in [-0.05, 0) is 35.7 Å². The molecule has 0 spiro atoms. The van der Waals surface area contributed by atoms with Crippen molar-refractivity contribution in [1.29, 1.82) is 0 Å². The highest BCUT2D eigenvalue weighted by Gasteiger charge is 2.24. The SMILES string of the molecule is COc1ccc([C@H](C)NC(=O)C(c2ccccc2)c2ccccc2)cc1F. The third-order valence-corrected chi connectivity index (χ3v) is 4.56. The Kier molecular flexibility index (Phi) is 5.87. The summed E-state index contributed by atoms with van der Waals surface area (Å²) in [4.78, 5) is 13.1. The Morgan fingerprint density at radius 1 is 0.889 bits per heavy atom. The van der Waals surface area contributed by atoms with E-state index in [0.717, 1.165) is 11.1 Å². The molecule has 0 bridgehead atoms. The van der Waals surface area contributed by atoms with Crippen molar-refractivity contribution in [2.24, 2.45) is 0 Å². The monoisotopic (exact) mass is 363 g/mol. The van der Waals surface area contributed by atoms with E-state index in [2.05, 4.69) is 5.32 Å². The number of methoxy groups -OCH3 is 1. The zero-order chi connectivity index (χ0) is 19.2. The van der Waals surface area contributed by atoms with E-state index >= 15 is 0 Å². The predicted molar refractivity (Wildman–Crippen MR) is 104 cm³/mol. The number of nitrogens with one attached hydrogen (secondary N) is 1. The van der Waals surface area contributed by atoms with Crippen molar-refractivity contribution < 1.29 is 13.9 Å². The van der Waals surface area contributed by atoms with Crippen molar-refractivity contribution >= 4 is 5.91 Å². The van der Waals surface area contributed by atoms with Crippen molar-refractivity contribution in [3.63, 3.8) is 0 Å². The second kappa shape index (κ2) is 8.49. The van der Waals surface area contributed by atoms with E-state index in [1.807, 2.05) is 67.6 Å². The number of carbonyl (C=O) groups is 1. The fraction of sp³-hybridized carbons (Fsp3) is 0.174. The minimum atomic E-state index is -0.446. The summed E-state index contributed by atoms with van der Waals surface area (Å²) >= 11 is 0. The molecule has 3 rings (SSSR count). The number of halogens is 1. The lowest BCUT2D eigenvalue weighted by Crippen LogP contribution is -2.32. The molecule has 4 heteroatoms. The number of hydrogen-bond donors (Lipinski definition) is 1. The molecule has 0 aliphatic rings. The van der Waals surface area contributed by atoms with Gasteiger partial charge in [-0.2, -0.15) is 0 Å². The molecular weight excluding hydrogens is 341 g/mol. The van der Waals surface area contributed by atoms with Gasteiger partial charge >= 0.3 is 0 Å². The van der Waals surface area contributed by atoms with Gasteiger partial charge in [0, 0.05) is 0 Å². The largest absolute Gasteiger partial charge is 0.494 e. The second-order valence-electron chi connectivity index (χ2n) is 6.38. The zero-order valence-corrected chi connectivity index (χ0v) is 15.4. The van der Waals surface area contributed by atoms with Crippen molar-refractivity contribution in [3.05, 3.63) is 101 Å². The lowest BCUT2D eigenvalue weighted by Gasteiger charge is -2.21. The van der Waals surface area contributed by atoms with Crippen LogP contribution in [0.3, 0.4) is 0 Å². The first kappa shape index (κ1) is 18.6. The van der Waals surface area contributed by atoms with Gasteiger partial charge in [-0.25, -0.2) is 4.39 Å². The first-order valence-electron chi connectivity index (χ1n) is 8.84. The Labute approximate surface area is 158 Å². The van der Waals surface area contributed by atoms with Crippen LogP contribution in [0.4, 0.5) is 4.39 Å². The number of hydrogen-bond acceptors (Lipinski definition) is 2. The lowest BCUT2D eigenvalue weighted by molar-refractivity contribution is -0.122. The number of carbonyl (C=O) groups excluding carboxylic acids is 1. The van der Waals surface area contributed by atoms with Crippen LogP contribution >= 0.6 is 0 Å². The van der Waals surface area contributed by atoms with Crippen LogP contribution in [0.1, 0.15) is 35.6 Å². The van der Waals surface area contributed by atoms with E-state index in [-0.39, 0.29) is 17.7 Å². The summed E-state index contributed by atoms with van der Waals surface area (Å²) in [6.07, 6.45) is 0. The highest BCUT2D eigenvalue weighted by molar-refractivity contribution is 5.87. The molecule has 0 saturated heterocycles. The highest BCUT2D eigenvalue weighted by atomic mass is 19.1. The van der Waals surface area contributed by atoms with Crippen LogP contribution in [0.2, 0.25) is 0 Å². The van der Waals surface area contributed by atoms with E-state index in [0.29, 0.717) is 5.56 Å². The van der Waals surface area contributed by atoms with E-state index in [1.165, 1.54) is 13.2 Å². The van der Waals surface area contributed by atoms with E-state index in [4.69, 9.17) is 4.74 Å². The van der Waals surface area contributed by atoms with Crippen LogP contribution in [0.5, 0.6) is 5.75 Å². The van der Waals surface area contributed by atoms with Gasteiger partial charge in [0.1, 0.15) is 0 Å². The van der Waals surface area contributed by atoms with E-state index in [1.54, 1.807) is 12.1 Å². The molecule has 0 heterocycles. The first-order valence-corrected chi connectivity index (χ1v) is 8.84. The molecule has 3 aromatic carbocycles. The highest BCUT2D eigenvalue weighted by Crippen LogP contribution is 2.27. The standard InChI is InChI=1S/C23H22FNO2/c1-16(19-13-14-21(27-2)20(24)15-19)25-23(26)22(17-9-5-3-6-10-17)18-11-7-4-8-12-18/h3-16,22H,1-2H3,(H,25,26)/t16-/m0/s1. The Bertz CT molecular complexity index is 857. The van der Waals surface area contributed by atoms with Crippen LogP contribution < -0.4 is 10.1 Å². The second-order valence-corrected chi connectivity index (χ2v) is 6.38. The summed E-state index contributed by atoms with van der Waals surface area (Å²) in [6, 6.07) is 23.7. The molecule has 1 atom stereocenters. The quantitative estimate of drug-likeness (QED) is 0.680. The Morgan fingerprint density at radius 2 is 1.44 bits per heavy atom. The van der Waals surface area contributed by atoms with Gasteiger partial charge in [0.2, 0.25) is 5.91 Å². The average Bonchev–Trinajstić information content (AvgIpc) is 2.69. The summed E-state index contributed by atoms with van der Waals surface area (Å²) in [5, 5.41) is 3.01. The van der Waals surface area contributed by atoms with Crippen molar-refractivity contribution in [2.45, 2.75) is 18.9 Å². The average molecular weight is 363 g/mol. The maximum absolute atomic E-state index is 14.0. The topological polar surface area (TPSA) is 38.3 Å². The predicted octanol–water partition coefficient (Wildman–Crippen LogP) is 4.84. The molecule has 1 amide bonds. The zero-order valence-electron chi connectivity index (χ0n) is 15.4. The van der Waals surface area contributed by atoms with Crippen molar-refractivity contribution in [1.82, 2.24) is 5.32 Å². The number of ether oxygens (including phenoxy) is 1. The molecule has 0 aromatic heterocycles. The number of amides is 1. The fourth-order valence-corrected chi connectivity index (χ4v) is 3.12. The maximum Gasteiger partial charge on any atom is 0.232 e. The molecule has 1 N–H and O–H groups in total. The van der Waals surface area contributed by atoms with E-state index < -0.39 is 11.7 Å². The van der Waals surface area contributed by atoms with Gasteiger partial charge < -0.3 is 10.1 Å². The summed E-state index contributed by atoms with van der Waals surface area (Å²) in [5.41, 5.74) is 2.50. The van der Waals surface area contributed by atoms with Gasteiger partial charge in [0.25, 0.3) is 0 Å². The molecule has 3 aromatic rings. The first-order chi connectivity index (χ1) is 13.1. The molecule has 0 saturated carbocycles. The van der Waals surface area contributed by atoms with Crippen molar-refractivity contribution in [3.8, 4) is 5.75 Å². The van der Waals surface area contributed by atoms with Crippen LogP contribution in [0, 0.1) is 5.82 Å². The molecule has 0 unspecified atom stereocenters. The van der Waals surface area contributed by atoms with Crippen LogP contribution in [0.15, 0.2) is 78.9 Å². The Hall–Kier alpha value is -3.14.